The van der Waals surface area contributed by atoms with Crippen LogP contribution in [0.4, 0.5) is 0 Å². The van der Waals surface area contributed by atoms with E-state index >= 15 is 0 Å². The minimum absolute atomic E-state index is 0.0141. The average Bonchev–Trinajstić information content (AvgIpc) is 2.95. The van der Waals surface area contributed by atoms with Gasteiger partial charge in [-0.3, -0.25) is 9.78 Å². The topological polar surface area (TPSA) is 83.6 Å². The molecule has 0 unspecified atom stereocenters. The van der Waals surface area contributed by atoms with Crippen LogP contribution in [-0.2, 0) is 6.54 Å². The molecule has 6 nitrogen and oxygen atoms in total. The van der Waals surface area contributed by atoms with Crippen molar-refractivity contribution in [2.75, 3.05) is 6.54 Å². The van der Waals surface area contributed by atoms with Gasteiger partial charge in [-0.25, -0.2) is 4.79 Å². The number of aromatic nitrogens is 1. The molecule has 0 aliphatic carbocycles. The van der Waals surface area contributed by atoms with Gasteiger partial charge >= 0.3 is 5.97 Å². The minimum Gasteiger partial charge on any atom is -0.478 e. The Balaban J connectivity index is 2.14. The molecule has 1 N–H and O–H groups in total. The normalized spacial score (nSPS) is 10.2. The maximum atomic E-state index is 12.2. The van der Waals surface area contributed by atoms with Crippen LogP contribution in [-0.4, -0.2) is 33.4 Å². The summed E-state index contributed by atoms with van der Waals surface area (Å²) in [5.74, 6) is -1.47. The number of aromatic carboxylic acids is 1. The van der Waals surface area contributed by atoms with Gasteiger partial charge in [-0.1, -0.05) is 6.07 Å². The van der Waals surface area contributed by atoms with Crippen LogP contribution in [0.1, 0.15) is 33.5 Å². The van der Waals surface area contributed by atoms with Crippen LogP contribution in [0.25, 0.3) is 0 Å². The molecule has 0 bridgehead atoms. The van der Waals surface area contributed by atoms with E-state index in [4.69, 9.17) is 9.52 Å². The van der Waals surface area contributed by atoms with Crippen LogP contribution in [0.3, 0.4) is 0 Å². The average molecular weight is 274 g/mol. The predicted molar refractivity (Wildman–Crippen MR) is 70.3 cm³/mol. The van der Waals surface area contributed by atoms with Crippen LogP contribution in [0, 0.1) is 0 Å². The van der Waals surface area contributed by atoms with Gasteiger partial charge in [0.25, 0.3) is 5.91 Å². The molecule has 104 valence electrons. The fourth-order valence-electron chi connectivity index (χ4n) is 1.73. The van der Waals surface area contributed by atoms with Crippen molar-refractivity contribution in [2.24, 2.45) is 0 Å². The third-order valence-electron chi connectivity index (χ3n) is 2.81. The number of carbonyl (C=O) groups excluding carboxylic acids is 1. The highest BCUT2D eigenvalue weighted by molar-refractivity contribution is 5.95. The number of hydrogen-bond donors (Lipinski definition) is 1. The summed E-state index contributed by atoms with van der Waals surface area (Å²) in [6, 6.07) is 6.69. The van der Waals surface area contributed by atoms with Crippen molar-refractivity contribution in [1.29, 1.82) is 0 Å². The third-order valence-corrected chi connectivity index (χ3v) is 2.81. The summed E-state index contributed by atoms with van der Waals surface area (Å²) in [5, 5.41) is 8.82. The number of furan rings is 1. The lowest BCUT2D eigenvalue weighted by Crippen LogP contribution is -2.30. The molecule has 0 radical (unpaired) electrons. The number of hydrogen-bond acceptors (Lipinski definition) is 4. The van der Waals surface area contributed by atoms with Crippen molar-refractivity contribution >= 4 is 11.9 Å². The monoisotopic (exact) mass is 274 g/mol. The number of carboxylic acids is 1. The van der Waals surface area contributed by atoms with Crippen LogP contribution in [0.5, 0.6) is 0 Å². The van der Waals surface area contributed by atoms with Crippen molar-refractivity contribution in [1.82, 2.24) is 9.88 Å². The van der Waals surface area contributed by atoms with E-state index < -0.39 is 5.97 Å². The van der Waals surface area contributed by atoms with Gasteiger partial charge in [0.1, 0.15) is 6.26 Å². The molecule has 0 saturated heterocycles. The zero-order chi connectivity index (χ0) is 14.5. The summed E-state index contributed by atoms with van der Waals surface area (Å²) < 4.78 is 5.02. The van der Waals surface area contributed by atoms with E-state index in [0.717, 1.165) is 12.0 Å². The summed E-state index contributed by atoms with van der Waals surface area (Å²) in [6.45, 7) is 2.65. The first kappa shape index (κ1) is 13.8. The second-order valence-corrected chi connectivity index (χ2v) is 4.15. The number of carboxylic acid groups (broad SMARTS) is 1. The number of rotatable bonds is 5. The standard InChI is InChI=1S/C14H14N2O4/c1-2-16(8-11-5-3-4-6-15-11)13(17)12-7-10(9-20-12)14(18)19/h3-7,9H,2,8H2,1H3,(H,18,19). The highest BCUT2D eigenvalue weighted by Crippen LogP contribution is 2.12. The van der Waals surface area contributed by atoms with Crippen molar-refractivity contribution in [3.05, 3.63) is 53.7 Å². The Kier molecular flexibility index (Phi) is 4.14. The van der Waals surface area contributed by atoms with Gasteiger partial charge in [-0.2, -0.15) is 0 Å². The Morgan fingerprint density at radius 1 is 1.40 bits per heavy atom. The summed E-state index contributed by atoms with van der Waals surface area (Å²) in [7, 11) is 0. The molecular formula is C14H14N2O4. The Morgan fingerprint density at radius 2 is 2.20 bits per heavy atom. The molecule has 2 heterocycles. The molecule has 0 aromatic carbocycles. The highest BCUT2D eigenvalue weighted by atomic mass is 16.4. The van der Waals surface area contributed by atoms with E-state index in [1.165, 1.54) is 11.0 Å². The maximum absolute atomic E-state index is 12.2. The van der Waals surface area contributed by atoms with Crippen LogP contribution >= 0.6 is 0 Å². The van der Waals surface area contributed by atoms with Gasteiger partial charge in [-0.05, 0) is 19.1 Å². The predicted octanol–water partition coefficient (Wildman–Crippen LogP) is 2.04. The van der Waals surface area contributed by atoms with Gasteiger partial charge in [0.05, 0.1) is 17.8 Å². The Hall–Kier alpha value is -2.63. The summed E-state index contributed by atoms with van der Waals surface area (Å²) in [5.41, 5.74) is 0.718. The molecule has 0 aliphatic heterocycles. The number of nitrogens with zero attached hydrogens (tertiary/aromatic N) is 2. The lowest BCUT2D eigenvalue weighted by molar-refractivity contribution is 0.0693. The van der Waals surface area contributed by atoms with Crippen molar-refractivity contribution in [2.45, 2.75) is 13.5 Å². The largest absolute Gasteiger partial charge is 0.478 e. The molecule has 0 spiro atoms. The zero-order valence-corrected chi connectivity index (χ0v) is 10.9. The summed E-state index contributed by atoms with van der Waals surface area (Å²) >= 11 is 0. The van der Waals surface area contributed by atoms with Gasteiger partial charge in [0, 0.05) is 18.8 Å². The van der Waals surface area contributed by atoms with Gasteiger partial charge < -0.3 is 14.4 Å². The second-order valence-electron chi connectivity index (χ2n) is 4.15. The molecule has 0 fully saturated rings. The fourth-order valence-corrected chi connectivity index (χ4v) is 1.73. The Bertz CT molecular complexity index is 607. The zero-order valence-electron chi connectivity index (χ0n) is 10.9. The smallest absolute Gasteiger partial charge is 0.338 e. The SMILES string of the molecule is CCN(Cc1ccccn1)C(=O)c1cc(C(=O)O)co1. The molecule has 20 heavy (non-hydrogen) atoms. The van der Waals surface area contributed by atoms with Gasteiger partial charge in [-0.15, -0.1) is 0 Å². The minimum atomic E-state index is -1.12. The first-order chi connectivity index (χ1) is 9.61. The molecule has 2 aromatic rings. The summed E-state index contributed by atoms with van der Waals surface area (Å²) in [4.78, 5) is 28.7. The number of amides is 1. The quantitative estimate of drug-likeness (QED) is 0.901. The second kappa shape index (κ2) is 6.01. The molecule has 6 heteroatoms. The molecule has 0 aliphatic rings. The van der Waals surface area contributed by atoms with E-state index in [1.54, 1.807) is 12.3 Å². The van der Waals surface area contributed by atoms with E-state index in [0.29, 0.717) is 13.1 Å². The van der Waals surface area contributed by atoms with Crippen molar-refractivity contribution in [3.8, 4) is 0 Å². The van der Waals surface area contributed by atoms with Crippen LogP contribution < -0.4 is 0 Å². The molecule has 1 amide bonds. The Labute approximate surface area is 115 Å². The Morgan fingerprint density at radius 3 is 2.75 bits per heavy atom. The first-order valence-electron chi connectivity index (χ1n) is 6.12. The molecule has 2 aromatic heterocycles. The van der Waals surface area contributed by atoms with Gasteiger partial charge in [0.15, 0.2) is 5.76 Å². The maximum Gasteiger partial charge on any atom is 0.338 e. The van der Waals surface area contributed by atoms with Crippen LogP contribution in [0.15, 0.2) is 41.1 Å². The summed E-state index contributed by atoms with van der Waals surface area (Å²) in [6.07, 6.45) is 2.72. The number of carbonyl (C=O) groups is 2. The van der Waals surface area contributed by atoms with E-state index in [1.807, 2.05) is 19.1 Å². The molecule has 0 atom stereocenters. The fraction of sp³-hybridized carbons (Fsp3) is 0.214. The van der Waals surface area contributed by atoms with Gasteiger partial charge in [0.2, 0.25) is 0 Å². The number of pyridine rings is 1. The first-order valence-corrected chi connectivity index (χ1v) is 6.12. The van der Waals surface area contributed by atoms with Crippen molar-refractivity contribution < 1.29 is 19.1 Å². The van der Waals surface area contributed by atoms with E-state index in [2.05, 4.69) is 4.98 Å². The van der Waals surface area contributed by atoms with Crippen molar-refractivity contribution in [3.63, 3.8) is 0 Å². The lowest BCUT2D eigenvalue weighted by Gasteiger charge is -2.18. The molecule has 2 rings (SSSR count). The lowest BCUT2D eigenvalue weighted by atomic mass is 10.2. The van der Waals surface area contributed by atoms with E-state index in [9.17, 15) is 9.59 Å². The van der Waals surface area contributed by atoms with Crippen LogP contribution in [0.2, 0.25) is 0 Å². The molecular weight excluding hydrogens is 260 g/mol. The van der Waals surface area contributed by atoms with E-state index in [-0.39, 0.29) is 17.2 Å². The highest BCUT2D eigenvalue weighted by Gasteiger charge is 2.20. The third kappa shape index (κ3) is 3.03. The molecule has 0 saturated carbocycles.